The molecule has 0 radical (unpaired) electrons. The minimum Gasteiger partial charge on any atom is -0.496 e. The highest BCUT2D eigenvalue weighted by atomic mass is 32.1. The minimum atomic E-state index is -4.97. The molecule has 2 aromatic carbocycles. The van der Waals surface area contributed by atoms with Gasteiger partial charge in [-0.15, -0.1) is 0 Å². The van der Waals surface area contributed by atoms with Crippen LogP contribution in [0.15, 0.2) is 35.9 Å². The van der Waals surface area contributed by atoms with Crippen LogP contribution in [0.4, 0.5) is 30.7 Å². The molecule has 1 unspecified atom stereocenters. The number of hydrogen-bond acceptors (Lipinski definition) is 3. The number of alkyl halides is 6. The molecule has 1 aliphatic heterocycles. The van der Waals surface area contributed by atoms with Crippen LogP contribution < -0.4 is 4.74 Å². The number of methoxy groups -OCH3 is 1. The lowest BCUT2D eigenvalue weighted by Gasteiger charge is -2.31. The van der Waals surface area contributed by atoms with Crippen LogP contribution in [0.25, 0.3) is 5.57 Å². The predicted molar refractivity (Wildman–Crippen MR) is 146 cm³/mol. The fourth-order valence-corrected chi connectivity index (χ4v) is 5.96. The summed E-state index contributed by atoms with van der Waals surface area (Å²) in [4.78, 5) is 1.69. The zero-order valence-corrected chi connectivity index (χ0v) is 24.2. The van der Waals surface area contributed by atoms with E-state index in [1.807, 2.05) is 13.8 Å². The lowest BCUT2D eigenvalue weighted by molar-refractivity contribution is -0.143. The summed E-state index contributed by atoms with van der Waals surface area (Å²) in [5.74, 6) is 0.284. The van der Waals surface area contributed by atoms with Crippen LogP contribution in [-0.2, 0) is 17.1 Å². The average Bonchev–Trinajstić information content (AvgIpc) is 3.15. The molecule has 0 amide bonds. The van der Waals surface area contributed by atoms with E-state index in [9.17, 15) is 30.7 Å². The van der Waals surface area contributed by atoms with Crippen molar-refractivity contribution in [3.63, 3.8) is 0 Å². The summed E-state index contributed by atoms with van der Waals surface area (Å²) in [6, 6.07) is 4.00. The lowest BCUT2D eigenvalue weighted by Crippen LogP contribution is -2.34. The smallest absolute Gasteiger partial charge is 0.416 e. The van der Waals surface area contributed by atoms with E-state index in [2.05, 4.69) is 6.92 Å². The van der Waals surface area contributed by atoms with E-state index < -0.39 is 35.6 Å². The van der Waals surface area contributed by atoms with Gasteiger partial charge in [0, 0.05) is 18.2 Å². The first-order valence-electron chi connectivity index (χ1n) is 13.4. The average molecular weight is 604 g/mol. The van der Waals surface area contributed by atoms with Gasteiger partial charge in [-0.3, -0.25) is 0 Å². The number of benzene rings is 2. The molecular formula is C30H32F7NO2S. The van der Waals surface area contributed by atoms with Crippen LogP contribution in [0.3, 0.4) is 0 Å². The minimum absolute atomic E-state index is 0.00696. The molecule has 11 heteroatoms. The summed E-state index contributed by atoms with van der Waals surface area (Å²) in [6.07, 6.45) is -8.81. The normalized spacial score (nSPS) is 22.0. The second-order valence-electron chi connectivity index (χ2n) is 11.2. The van der Waals surface area contributed by atoms with Crippen LogP contribution in [0.1, 0.15) is 86.8 Å². The third-order valence-corrected chi connectivity index (χ3v) is 8.20. The SMILES string of the molecule is COc1cc(F)c(C(C)C)cc1C1=C(CN2C(=S)O[C@H](c3cc(C(F)(F)F)cc(C(F)(F)F)c3)[C@@H]2C)CC(C)CC1. The van der Waals surface area contributed by atoms with E-state index >= 15 is 0 Å². The fraction of sp³-hybridized carbons (Fsp3) is 0.500. The fourth-order valence-electron chi connectivity index (χ4n) is 5.63. The van der Waals surface area contributed by atoms with Crippen molar-refractivity contribution in [1.82, 2.24) is 4.90 Å². The Balaban J connectivity index is 1.74. The van der Waals surface area contributed by atoms with Gasteiger partial charge in [0.05, 0.1) is 24.3 Å². The molecule has 41 heavy (non-hydrogen) atoms. The van der Waals surface area contributed by atoms with Crippen LogP contribution >= 0.6 is 12.2 Å². The molecule has 0 spiro atoms. The van der Waals surface area contributed by atoms with Gasteiger partial charge in [0.2, 0.25) is 0 Å². The summed E-state index contributed by atoms with van der Waals surface area (Å²) in [5, 5.41) is -0.00696. The first-order chi connectivity index (χ1) is 19.0. The van der Waals surface area contributed by atoms with Gasteiger partial charge < -0.3 is 14.4 Å². The third-order valence-electron chi connectivity index (χ3n) is 7.87. The zero-order chi connectivity index (χ0) is 30.4. The molecule has 3 nitrogen and oxygen atoms in total. The molecule has 1 heterocycles. The van der Waals surface area contributed by atoms with Gasteiger partial charge in [0.1, 0.15) is 17.7 Å². The number of nitrogens with zero attached hydrogens (tertiary/aromatic N) is 1. The van der Waals surface area contributed by atoms with Crippen molar-refractivity contribution >= 4 is 23.0 Å². The monoisotopic (exact) mass is 603 g/mol. The van der Waals surface area contributed by atoms with E-state index in [0.29, 0.717) is 42.2 Å². The number of ether oxygens (including phenoxy) is 2. The van der Waals surface area contributed by atoms with E-state index in [1.54, 1.807) is 17.9 Å². The number of thiocarbonyl (C=S) groups is 1. The summed E-state index contributed by atoms with van der Waals surface area (Å²) in [7, 11) is 1.47. The van der Waals surface area contributed by atoms with Crippen LogP contribution in [0.5, 0.6) is 5.75 Å². The second kappa shape index (κ2) is 11.5. The van der Waals surface area contributed by atoms with Gasteiger partial charge in [-0.1, -0.05) is 20.8 Å². The molecule has 2 aliphatic rings. The number of rotatable bonds is 6. The highest BCUT2D eigenvalue weighted by Gasteiger charge is 2.42. The lowest BCUT2D eigenvalue weighted by atomic mass is 9.80. The molecule has 0 aromatic heterocycles. The molecule has 1 fully saturated rings. The van der Waals surface area contributed by atoms with Gasteiger partial charge in [-0.25, -0.2) is 4.39 Å². The molecule has 1 saturated heterocycles. The van der Waals surface area contributed by atoms with Crippen molar-refractivity contribution in [3.8, 4) is 5.75 Å². The number of hydrogen-bond donors (Lipinski definition) is 0. The standard InChI is InChI=1S/C30H32F7NO2S/c1-15(2)23-12-24(26(39-5)13-25(23)31)22-7-6-16(3)8-19(22)14-38-17(4)27(40-28(38)41)18-9-20(29(32,33)34)11-21(10-18)30(35,36)37/h9-13,15-17,27H,6-8,14H2,1-5H3/t16?,17-,27-/m0/s1. The Kier molecular flexibility index (Phi) is 8.70. The van der Waals surface area contributed by atoms with Crippen LogP contribution in [0.2, 0.25) is 0 Å². The Labute approximate surface area is 240 Å². The molecule has 0 saturated carbocycles. The molecule has 2 aromatic rings. The van der Waals surface area contributed by atoms with Crippen molar-refractivity contribution in [2.75, 3.05) is 13.7 Å². The Morgan fingerprint density at radius 3 is 2.15 bits per heavy atom. The summed E-state index contributed by atoms with van der Waals surface area (Å²) >= 11 is 5.44. The van der Waals surface area contributed by atoms with Crippen LogP contribution in [-0.4, -0.2) is 29.8 Å². The highest BCUT2D eigenvalue weighted by Crippen LogP contribution is 2.44. The summed E-state index contributed by atoms with van der Waals surface area (Å²) in [6.45, 7) is 7.82. The Hall–Kier alpha value is -2.82. The summed E-state index contributed by atoms with van der Waals surface area (Å²) < 4.78 is 107. The number of halogens is 7. The Morgan fingerprint density at radius 2 is 1.61 bits per heavy atom. The zero-order valence-electron chi connectivity index (χ0n) is 23.3. The Bertz CT molecular complexity index is 1320. The maximum absolute atomic E-state index is 14.8. The quantitative estimate of drug-likeness (QED) is 0.242. The molecule has 4 rings (SSSR count). The van der Waals surface area contributed by atoms with Crippen molar-refractivity contribution < 1.29 is 40.2 Å². The van der Waals surface area contributed by atoms with Crippen molar-refractivity contribution in [1.29, 1.82) is 0 Å². The van der Waals surface area contributed by atoms with Crippen LogP contribution in [0, 0.1) is 11.7 Å². The number of allylic oxidation sites excluding steroid dienone is 1. The third kappa shape index (κ3) is 6.49. The highest BCUT2D eigenvalue weighted by molar-refractivity contribution is 7.80. The van der Waals surface area contributed by atoms with Gasteiger partial charge in [0.15, 0.2) is 0 Å². The second-order valence-corrected chi connectivity index (χ2v) is 11.5. The molecule has 1 aliphatic carbocycles. The molecule has 3 atom stereocenters. The largest absolute Gasteiger partial charge is 0.496 e. The van der Waals surface area contributed by atoms with E-state index in [-0.39, 0.29) is 35.1 Å². The van der Waals surface area contributed by atoms with Gasteiger partial charge >= 0.3 is 12.4 Å². The maximum Gasteiger partial charge on any atom is 0.416 e. The van der Waals surface area contributed by atoms with E-state index in [1.165, 1.54) is 13.2 Å². The Morgan fingerprint density at radius 1 is 1.00 bits per heavy atom. The van der Waals surface area contributed by atoms with Crippen molar-refractivity contribution in [3.05, 3.63) is 69.5 Å². The topological polar surface area (TPSA) is 21.7 Å². The van der Waals surface area contributed by atoms with Gasteiger partial charge in [-0.2, -0.15) is 26.3 Å². The van der Waals surface area contributed by atoms with Gasteiger partial charge in [-0.05, 0) is 96.8 Å². The molecular weight excluding hydrogens is 571 g/mol. The molecule has 224 valence electrons. The van der Waals surface area contributed by atoms with Crippen molar-refractivity contribution in [2.45, 2.75) is 77.4 Å². The van der Waals surface area contributed by atoms with Crippen molar-refractivity contribution in [2.24, 2.45) is 5.92 Å². The molecule has 0 bridgehead atoms. The van der Waals surface area contributed by atoms with Gasteiger partial charge in [0.25, 0.3) is 5.17 Å². The predicted octanol–water partition coefficient (Wildman–Crippen LogP) is 9.32. The maximum atomic E-state index is 14.8. The first kappa shape index (κ1) is 31.1. The van der Waals surface area contributed by atoms with E-state index in [4.69, 9.17) is 21.7 Å². The molecule has 0 N–H and O–H groups in total. The van der Waals surface area contributed by atoms with E-state index in [0.717, 1.165) is 23.1 Å². The summed E-state index contributed by atoms with van der Waals surface area (Å²) in [5.41, 5.74) is 0.209. The first-order valence-corrected chi connectivity index (χ1v) is 13.8.